The quantitative estimate of drug-likeness (QED) is 0.736. The van der Waals surface area contributed by atoms with Crippen LogP contribution in [0.4, 0.5) is 0 Å². The van der Waals surface area contributed by atoms with E-state index in [4.69, 9.17) is 4.74 Å². The minimum atomic E-state index is -3.68. The van der Waals surface area contributed by atoms with Gasteiger partial charge in [-0.25, -0.2) is 8.42 Å². The molecule has 2 N–H and O–H groups in total. The lowest BCUT2D eigenvalue weighted by molar-refractivity contribution is -0.122. The number of hydrogen-bond acceptors (Lipinski definition) is 5. The van der Waals surface area contributed by atoms with Crippen LogP contribution in [0.2, 0.25) is 0 Å². The molecule has 0 atom stereocenters. The number of ether oxygens (including phenoxy) is 1. The van der Waals surface area contributed by atoms with Crippen molar-refractivity contribution in [3.63, 3.8) is 0 Å². The van der Waals surface area contributed by atoms with E-state index < -0.39 is 15.9 Å². The Kier molecular flexibility index (Phi) is 6.51. The Hall–Kier alpha value is -1.97. The maximum Gasteiger partial charge on any atom is 0.269 e. The van der Waals surface area contributed by atoms with Gasteiger partial charge < -0.3 is 4.74 Å². The molecule has 138 valence electrons. The number of hydrogen-bond donors (Lipinski definition) is 2. The molecule has 0 spiro atoms. The van der Waals surface area contributed by atoms with Crippen LogP contribution >= 0.6 is 0 Å². The molecule has 0 aliphatic carbocycles. The molecule has 25 heavy (non-hydrogen) atoms. The van der Waals surface area contributed by atoms with Crippen LogP contribution in [0.3, 0.4) is 0 Å². The second kappa shape index (κ2) is 8.41. The molecular weight excluding hydrogens is 346 g/mol. The third-order valence-corrected chi connectivity index (χ3v) is 5.51. The first-order valence-electron chi connectivity index (χ1n) is 8.08. The van der Waals surface area contributed by atoms with E-state index in [1.54, 1.807) is 0 Å². The molecule has 0 bridgehead atoms. The molecule has 1 saturated heterocycles. The minimum Gasteiger partial charge on any atom is -0.379 e. The maximum absolute atomic E-state index is 12.6. The number of carbonyl (C=O) groups is 2. The fourth-order valence-electron chi connectivity index (χ4n) is 2.35. The predicted octanol–water partition coefficient (Wildman–Crippen LogP) is 0.515. The highest BCUT2D eigenvalue weighted by Gasteiger charge is 2.26. The first-order chi connectivity index (χ1) is 11.8. The average Bonchev–Trinajstić information content (AvgIpc) is 2.60. The van der Waals surface area contributed by atoms with Crippen molar-refractivity contribution in [3.8, 4) is 0 Å². The van der Waals surface area contributed by atoms with Crippen molar-refractivity contribution in [2.45, 2.75) is 25.2 Å². The summed E-state index contributed by atoms with van der Waals surface area (Å²) in [5, 5.41) is 0. The van der Waals surface area contributed by atoms with Gasteiger partial charge in [-0.2, -0.15) is 4.31 Å². The molecule has 0 aromatic heterocycles. The largest absolute Gasteiger partial charge is 0.379 e. The smallest absolute Gasteiger partial charge is 0.269 e. The van der Waals surface area contributed by atoms with Gasteiger partial charge in [-0.1, -0.05) is 19.9 Å². The molecule has 1 fully saturated rings. The van der Waals surface area contributed by atoms with Crippen LogP contribution < -0.4 is 10.9 Å². The molecule has 0 unspecified atom stereocenters. The van der Waals surface area contributed by atoms with E-state index in [-0.39, 0.29) is 41.8 Å². The van der Waals surface area contributed by atoms with Gasteiger partial charge in [0, 0.05) is 25.1 Å². The van der Waals surface area contributed by atoms with Gasteiger partial charge in [0.05, 0.1) is 18.1 Å². The number of morpholine rings is 1. The standard InChI is InChI=1S/C16H23N3O5S/c1-12(2)10-15(20)17-18-16(21)13-4-3-5-14(11-13)25(22,23)19-6-8-24-9-7-19/h3-5,11-12H,6-10H2,1-2H3,(H,17,20)(H,18,21). The van der Waals surface area contributed by atoms with E-state index in [0.717, 1.165) is 0 Å². The van der Waals surface area contributed by atoms with E-state index in [2.05, 4.69) is 10.9 Å². The zero-order valence-electron chi connectivity index (χ0n) is 14.3. The Morgan fingerprint density at radius 3 is 2.52 bits per heavy atom. The lowest BCUT2D eigenvalue weighted by Crippen LogP contribution is -2.42. The van der Waals surface area contributed by atoms with Crippen molar-refractivity contribution in [2.24, 2.45) is 5.92 Å². The first-order valence-corrected chi connectivity index (χ1v) is 9.52. The summed E-state index contributed by atoms with van der Waals surface area (Å²) in [5.41, 5.74) is 4.77. The van der Waals surface area contributed by atoms with E-state index in [1.807, 2.05) is 13.8 Å². The van der Waals surface area contributed by atoms with Gasteiger partial charge in [-0.05, 0) is 24.1 Å². The number of carbonyl (C=O) groups excluding carboxylic acids is 2. The molecule has 2 amide bonds. The molecule has 1 aromatic carbocycles. The Morgan fingerprint density at radius 2 is 1.88 bits per heavy atom. The Labute approximate surface area is 147 Å². The highest BCUT2D eigenvalue weighted by molar-refractivity contribution is 7.89. The summed E-state index contributed by atoms with van der Waals surface area (Å²) in [4.78, 5) is 23.8. The van der Waals surface area contributed by atoms with Crippen molar-refractivity contribution in [1.82, 2.24) is 15.2 Å². The number of nitrogens with zero attached hydrogens (tertiary/aromatic N) is 1. The van der Waals surface area contributed by atoms with Crippen LogP contribution in [0.15, 0.2) is 29.2 Å². The summed E-state index contributed by atoms with van der Waals surface area (Å²) in [5.74, 6) is -0.713. The van der Waals surface area contributed by atoms with Gasteiger partial charge in [0.2, 0.25) is 15.9 Å². The third-order valence-electron chi connectivity index (χ3n) is 3.61. The topological polar surface area (TPSA) is 105 Å². The monoisotopic (exact) mass is 369 g/mol. The summed E-state index contributed by atoms with van der Waals surface area (Å²) in [7, 11) is -3.68. The van der Waals surface area contributed by atoms with E-state index >= 15 is 0 Å². The molecule has 1 aliphatic rings. The molecule has 1 heterocycles. The number of nitrogens with one attached hydrogen (secondary N) is 2. The number of sulfonamides is 1. The van der Waals surface area contributed by atoms with E-state index in [1.165, 1.54) is 28.6 Å². The normalized spacial score (nSPS) is 15.8. The lowest BCUT2D eigenvalue weighted by Gasteiger charge is -2.26. The van der Waals surface area contributed by atoms with Crippen LogP contribution in [0.25, 0.3) is 0 Å². The van der Waals surface area contributed by atoms with Crippen molar-refractivity contribution in [3.05, 3.63) is 29.8 Å². The second-order valence-electron chi connectivity index (χ2n) is 6.14. The average molecular weight is 369 g/mol. The molecule has 1 aromatic rings. The van der Waals surface area contributed by atoms with Gasteiger partial charge in [-0.15, -0.1) is 0 Å². The summed E-state index contributed by atoms with van der Waals surface area (Å²) in [6, 6.07) is 5.73. The molecule has 9 heteroatoms. The van der Waals surface area contributed by atoms with Gasteiger partial charge in [-0.3, -0.25) is 20.4 Å². The maximum atomic E-state index is 12.6. The van der Waals surface area contributed by atoms with E-state index in [9.17, 15) is 18.0 Å². The van der Waals surface area contributed by atoms with Crippen molar-refractivity contribution < 1.29 is 22.7 Å². The van der Waals surface area contributed by atoms with Crippen LogP contribution in [0, 0.1) is 5.92 Å². The summed E-state index contributed by atoms with van der Waals surface area (Å²) < 4.78 is 31.7. The minimum absolute atomic E-state index is 0.0376. The molecule has 8 nitrogen and oxygen atoms in total. The van der Waals surface area contributed by atoms with Crippen LogP contribution in [0.1, 0.15) is 30.6 Å². The fourth-order valence-corrected chi connectivity index (χ4v) is 3.81. The van der Waals surface area contributed by atoms with Gasteiger partial charge in [0.1, 0.15) is 0 Å². The van der Waals surface area contributed by atoms with Gasteiger partial charge in [0.15, 0.2) is 0 Å². The molecular formula is C16H23N3O5S. The number of amides is 2. The van der Waals surface area contributed by atoms with Crippen molar-refractivity contribution in [2.75, 3.05) is 26.3 Å². The third kappa shape index (κ3) is 5.25. The summed E-state index contributed by atoms with van der Waals surface area (Å²) >= 11 is 0. The van der Waals surface area contributed by atoms with Gasteiger partial charge >= 0.3 is 0 Å². The second-order valence-corrected chi connectivity index (χ2v) is 8.08. The summed E-state index contributed by atoms with van der Waals surface area (Å²) in [6.45, 7) is 5.04. The molecule has 2 rings (SSSR count). The molecule has 1 aliphatic heterocycles. The van der Waals surface area contributed by atoms with Gasteiger partial charge in [0.25, 0.3) is 5.91 Å². The van der Waals surface area contributed by atoms with Crippen molar-refractivity contribution in [1.29, 1.82) is 0 Å². The van der Waals surface area contributed by atoms with Crippen LogP contribution in [-0.4, -0.2) is 50.8 Å². The highest BCUT2D eigenvalue weighted by atomic mass is 32.2. The molecule has 0 radical (unpaired) electrons. The zero-order chi connectivity index (χ0) is 18.4. The Morgan fingerprint density at radius 1 is 1.20 bits per heavy atom. The fraction of sp³-hybridized carbons (Fsp3) is 0.500. The number of hydrazine groups is 1. The molecule has 0 saturated carbocycles. The SMILES string of the molecule is CC(C)CC(=O)NNC(=O)c1cccc(S(=O)(=O)N2CCOCC2)c1. The Bertz CT molecular complexity index is 727. The van der Waals surface area contributed by atoms with Crippen LogP contribution in [-0.2, 0) is 19.6 Å². The lowest BCUT2D eigenvalue weighted by atomic mass is 10.1. The highest BCUT2D eigenvalue weighted by Crippen LogP contribution is 2.18. The summed E-state index contributed by atoms with van der Waals surface area (Å²) in [6.07, 6.45) is 0.283. The Balaban J connectivity index is 2.07. The van der Waals surface area contributed by atoms with Crippen molar-refractivity contribution >= 4 is 21.8 Å². The zero-order valence-corrected chi connectivity index (χ0v) is 15.1. The van der Waals surface area contributed by atoms with E-state index in [0.29, 0.717) is 13.2 Å². The van der Waals surface area contributed by atoms with Crippen LogP contribution in [0.5, 0.6) is 0 Å². The predicted molar refractivity (Wildman–Crippen MR) is 91.1 cm³/mol. The number of benzene rings is 1. The number of rotatable bonds is 5. The first kappa shape index (κ1) is 19.4.